The molecule has 1 saturated heterocycles. The molecule has 0 saturated carbocycles. The minimum absolute atomic E-state index is 0.0862. The molecule has 0 bridgehead atoms. The molecule has 12 heteroatoms. The molecule has 0 spiro atoms. The van der Waals surface area contributed by atoms with E-state index in [0.29, 0.717) is 30.8 Å². The van der Waals surface area contributed by atoms with Gasteiger partial charge >= 0.3 is 0 Å². The summed E-state index contributed by atoms with van der Waals surface area (Å²) in [5, 5.41) is 8.33. The van der Waals surface area contributed by atoms with Crippen molar-refractivity contribution >= 4 is 17.5 Å². The maximum atomic E-state index is 14.7. The van der Waals surface area contributed by atoms with Gasteiger partial charge < -0.3 is 20.5 Å². The third-order valence-corrected chi connectivity index (χ3v) is 5.83. The normalized spacial score (nSPS) is 15.1. The number of amides is 1. The van der Waals surface area contributed by atoms with Crippen molar-refractivity contribution in [2.45, 2.75) is 27.2 Å². The Hall–Kier alpha value is -4.22. The number of likely N-dealkylation sites (tertiary alicyclic amines) is 1. The largest absolute Gasteiger partial charge is 0.515 e. The number of hydrogen-bond donors (Lipinski definition) is 2. The lowest BCUT2D eigenvalue weighted by atomic mass is 9.97. The maximum Gasteiger partial charge on any atom is 0.249 e. The second kappa shape index (κ2) is 16.8. The molecule has 224 valence electrons. The molecule has 0 radical (unpaired) electrons. The standard InChI is InChI=1S/C20H19F4N3O.C8H13NO2.CH3F/c1-10(2)16(20(25)27-4)18(26-3)12-6-5-11(9-15(12)23)28-19-14(22)8-7-13(21)17(19)24;1-7-2-4-9(6-7)8(11)3-5-10;1-2/h5-9H,1-4H3,(H2,25,27);3,5,7,10H,2,4,6H2,1H3;1H3/b;5-3+;/t;7-;/m.1./s1. The first-order chi connectivity index (χ1) is 19.4. The number of aliphatic imine (C=N–C) groups is 2. The van der Waals surface area contributed by atoms with Crippen LogP contribution in [0.2, 0.25) is 0 Å². The number of aliphatic hydroxyl groups is 1. The molecule has 0 unspecified atom stereocenters. The van der Waals surface area contributed by atoms with Gasteiger partial charge in [0.2, 0.25) is 17.5 Å². The minimum Gasteiger partial charge on any atom is -0.515 e. The molecular weight excluding hydrogens is 547 g/mol. The molecule has 3 N–H and O–H groups in total. The fraction of sp³-hybridized carbons (Fsp3) is 0.345. The van der Waals surface area contributed by atoms with Gasteiger partial charge in [-0.25, -0.2) is 13.2 Å². The van der Waals surface area contributed by atoms with E-state index in [9.17, 15) is 26.7 Å². The molecule has 3 rings (SSSR count). The van der Waals surface area contributed by atoms with Gasteiger partial charge in [-0.2, -0.15) is 4.39 Å². The van der Waals surface area contributed by atoms with Crippen molar-refractivity contribution in [2.75, 3.05) is 34.4 Å². The Morgan fingerprint density at radius 2 is 1.68 bits per heavy atom. The van der Waals surface area contributed by atoms with Crippen molar-refractivity contribution in [3.63, 3.8) is 0 Å². The first-order valence-electron chi connectivity index (χ1n) is 12.4. The summed E-state index contributed by atoms with van der Waals surface area (Å²) in [4.78, 5) is 20.9. The molecule has 1 amide bonds. The van der Waals surface area contributed by atoms with Gasteiger partial charge in [0.25, 0.3) is 0 Å². The highest BCUT2D eigenvalue weighted by molar-refractivity contribution is 6.29. The molecule has 1 heterocycles. The monoisotopic (exact) mass is 582 g/mol. The number of carbonyl (C=O) groups is 1. The van der Waals surface area contributed by atoms with E-state index in [1.54, 1.807) is 18.7 Å². The van der Waals surface area contributed by atoms with Gasteiger partial charge in [0.15, 0.2) is 11.6 Å². The molecule has 1 fully saturated rings. The fourth-order valence-corrected chi connectivity index (χ4v) is 3.87. The van der Waals surface area contributed by atoms with E-state index >= 15 is 0 Å². The first kappa shape index (κ1) is 34.8. The summed E-state index contributed by atoms with van der Waals surface area (Å²) in [7, 11) is 3.48. The Balaban J connectivity index is 0.000000538. The molecule has 1 aliphatic rings. The summed E-state index contributed by atoms with van der Waals surface area (Å²) in [6, 6.07) is 4.88. The van der Waals surface area contributed by atoms with Crippen molar-refractivity contribution in [1.82, 2.24) is 4.90 Å². The predicted molar refractivity (Wildman–Crippen MR) is 150 cm³/mol. The number of carbonyl (C=O) groups excluding carboxylic acids is 1. The highest BCUT2D eigenvalue weighted by Crippen LogP contribution is 2.30. The van der Waals surface area contributed by atoms with Crippen LogP contribution in [0.5, 0.6) is 11.5 Å². The Morgan fingerprint density at radius 3 is 2.17 bits per heavy atom. The van der Waals surface area contributed by atoms with Crippen LogP contribution in [0.3, 0.4) is 0 Å². The molecule has 0 aromatic heterocycles. The van der Waals surface area contributed by atoms with E-state index in [2.05, 4.69) is 16.9 Å². The van der Waals surface area contributed by atoms with Crippen molar-refractivity contribution in [1.29, 1.82) is 0 Å². The Bertz CT molecular complexity index is 1320. The summed E-state index contributed by atoms with van der Waals surface area (Å²) < 4.78 is 70.0. The second-order valence-electron chi connectivity index (χ2n) is 8.97. The highest BCUT2D eigenvalue weighted by Gasteiger charge is 2.22. The van der Waals surface area contributed by atoms with Crippen molar-refractivity contribution in [3.8, 4) is 11.5 Å². The number of halogens is 5. The molecular formula is C29H35F5N4O3. The number of alkyl halides is 1. The lowest BCUT2D eigenvalue weighted by molar-refractivity contribution is -0.125. The predicted octanol–water partition coefficient (Wildman–Crippen LogP) is 6.29. The minimum atomic E-state index is -1.50. The van der Waals surface area contributed by atoms with Gasteiger partial charge in [-0.05, 0) is 50.5 Å². The molecule has 1 atom stereocenters. The van der Waals surface area contributed by atoms with E-state index in [0.717, 1.165) is 37.4 Å². The van der Waals surface area contributed by atoms with Crippen LogP contribution in [0.25, 0.3) is 0 Å². The zero-order valence-electron chi connectivity index (χ0n) is 23.8. The molecule has 2 aromatic rings. The molecule has 7 nitrogen and oxygen atoms in total. The maximum absolute atomic E-state index is 14.7. The number of ether oxygens (including phenoxy) is 1. The second-order valence-corrected chi connectivity index (χ2v) is 8.97. The zero-order chi connectivity index (χ0) is 31.3. The number of hydrogen-bond acceptors (Lipinski definition) is 5. The third kappa shape index (κ3) is 9.44. The van der Waals surface area contributed by atoms with Crippen LogP contribution < -0.4 is 10.5 Å². The zero-order valence-corrected chi connectivity index (χ0v) is 23.8. The average molecular weight is 583 g/mol. The number of allylic oxidation sites excluding steroid dienone is 1. The van der Waals surface area contributed by atoms with E-state index in [1.165, 1.54) is 32.3 Å². The van der Waals surface area contributed by atoms with Gasteiger partial charge in [-0.15, -0.1) is 0 Å². The van der Waals surface area contributed by atoms with Gasteiger partial charge in [0.1, 0.15) is 17.4 Å². The highest BCUT2D eigenvalue weighted by atomic mass is 19.2. The topological polar surface area (TPSA) is 101 Å². The number of rotatable bonds is 6. The Kier molecular flexibility index (Phi) is 14.2. The van der Waals surface area contributed by atoms with Crippen LogP contribution in [0.15, 0.2) is 63.8 Å². The lowest BCUT2D eigenvalue weighted by Gasteiger charge is -2.15. The molecule has 41 heavy (non-hydrogen) atoms. The van der Waals surface area contributed by atoms with E-state index in [1.807, 2.05) is 0 Å². The van der Waals surface area contributed by atoms with E-state index in [-0.39, 0.29) is 28.8 Å². The van der Waals surface area contributed by atoms with Crippen LogP contribution in [0.1, 0.15) is 32.8 Å². The van der Waals surface area contributed by atoms with Gasteiger partial charge in [-0.3, -0.25) is 19.2 Å². The summed E-state index contributed by atoms with van der Waals surface area (Å²) in [5.74, 6) is -5.13. The van der Waals surface area contributed by atoms with Gasteiger partial charge in [-0.1, -0.05) is 12.5 Å². The van der Waals surface area contributed by atoms with Crippen molar-refractivity contribution in [2.24, 2.45) is 21.6 Å². The van der Waals surface area contributed by atoms with Crippen molar-refractivity contribution in [3.05, 3.63) is 82.6 Å². The average Bonchev–Trinajstić information content (AvgIpc) is 3.39. The fourth-order valence-electron chi connectivity index (χ4n) is 3.87. The van der Waals surface area contributed by atoms with Gasteiger partial charge in [0.05, 0.1) is 19.2 Å². The number of benzene rings is 2. The number of nitrogens with two attached hydrogens (primary N) is 1. The van der Waals surface area contributed by atoms with Crippen molar-refractivity contribution < 1.29 is 36.6 Å². The third-order valence-electron chi connectivity index (χ3n) is 5.83. The van der Waals surface area contributed by atoms with Crippen LogP contribution in [0.4, 0.5) is 22.0 Å². The summed E-state index contributed by atoms with van der Waals surface area (Å²) in [6.45, 7) is 7.33. The lowest BCUT2D eigenvalue weighted by Crippen LogP contribution is -2.26. The number of amidine groups is 1. The first-order valence-corrected chi connectivity index (χ1v) is 12.4. The summed E-state index contributed by atoms with van der Waals surface area (Å²) in [6.07, 6.45) is 3.06. The quantitative estimate of drug-likeness (QED) is 0.104. The molecule has 2 aromatic carbocycles. The van der Waals surface area contributed by atoms with Crippen LogP contribution >= 0.6 is 0 Å². The molecule has 1 aliphatic heterocycles. The van der Waals surface area contributed by atoms with Crippen LogP contribution in [0, 0.1) is 29.2 Å². The molecule has 0 aliphatic carbocycles. The Morgan fingerprint density at radius 1 is 1.05 bits per heavy atom. The van der Waals surface area contributed by atoms with Crippen LogP contribution in [-0.4, -0.2) is 61.8 Å². The number of aliphatic hydroxyl groups excluding tert-OH is 1. The van der Waals surface area contributed by atoms with Crippen LogP contribution in [-0.2, 0) is 4.79 Å². The SMILES string of the molecule is CF.CN=C(N)C(C(=NC)c1ccc(Oc2c(F)ccc(F)c2F)cc1F)=C(C)C.C[C@@H]1CCN(C(=O)/C=C/O)C1. The smallest absolute Gasteiger partial charge is 0.249 e. The summed E-state index contributed by atoms with van der Waals surface area (Å²) in [5.41, 5.74) is 7.50. The van der Waals surface area contributed by atoms with E-state index in [4.69, 9.17) is 15.6 Å². The number of nitrogens with zero attached hydrogens (tertiary/aromatic N) is 3. The van der Waals surface area contributed by atoms with E-state index < -0.39 is 29.0 Å². The Labute approximate surface area is 236 Å². The van der Waals surface area contributed by atoms with Gasteiger partial charge in [0, 0.05) is 50.5 Å². The summed E-state index contributed by atoms with van der Waals surface area (Å²) >= 11 is 0.